The van der Waals surface area contributed by atoms with Crippen LogP contribution in [0.1, 0.15) is 23.0 Å². The molecule has 1 aromatic heterocycles. The molecule has 0 amide bonds. The van der Waals surface area contributed by atoms with Crippen molar-refractivity contribution >= 4 is 29.1 Å². The minimum absolute atomic E-state index is 0.0914. The molecule has 1 aromatic rings. The lowest BCUT2D eigenvalue weighted by Crippen LogP contribution is -1.94. The zero-order valence-corrected chi connectivity index (χ0v) is 9.19. The Kier molecular flexibility index (Phi) is 3.98. The highest BCUT2D eigenvalue weighted by atomic mass is 32.2. The van der Waals surface area contributed by atoms with E-state index in [0.29, 0.717) is 4.88 Å². The van der Waals surface area contributed by atoms with E-state index in [1.54, 1.807) is 11.4 Å². The highest BCUT2D eigenvalue weighted by Crippen LogP contribution is 2.29. The zero-order chi connectivity index (χ0) is 10.6. The number of carboxylic acid groups (broad SMARTS) is 1. The van der Waals surface area contributed by atoms with Gasteiger partial charge >= 0.3 is 5.97 Å². The first-order chi connectivity index (χ1) is 6.67. The molecule has 0 saturated carbocycles. The molecule has 0 aliphatic carbocycles. The van der Waals surface area contributed by atoms with Gasteiger partial charge in [0.1, 0.15) is 4.88 Å². The van der Waals surface area contributed by atoms with Crippen LogP contribution in [-0.2, 0) is 0 Å². The van der Waals surface area contributed by atoms with Crippen molar-refractivity contribution in [3.05, 3.63) is 16.3 Å². The molecule has 1 N–H and O–H groups in total. The normalized spacial score (nSPS) is 12.0. The molecule has 1 heterocycles. The molecule has 0 bridgehead atoms. The number of nitriles is 1. The topological polar surface area (TPSA) is 61.1 Å². The Labute approximate surface area is 90.4 Å². The van der Waals surface area contributed by atoms with Crippen LogP contribution >= 0.6 is 23.1 Å². The lowest BCUT2D eigenvalue weighted by Gasteiger charge is -2.01. The second-order valence-corrected chi connectivity index (χ2v) is 4.78. The quantitative estimate of drug-likeness (QED) is 0.803. The van der Waals surface area contributed by atoms with Gasteiger partial charge < -0.3 is 5.11 Å². The first kappa shape index (κ1) is 11.1. The molecule has 5 heteroatoms. The minimum atomic E-state index is -0.910. The Bertz CT molecular complexity index is 367. The van der Waals surface area contributed by atoms with E-state index < -0.39 is 5.97 Å². The van der Waals surface area contributed by atoms with Crippen LogP contribution in [0.3, 0.4) is 0 Å². The van der Waals surface area contributed by atoms with Crippen LogP contribution in [-0.4, -0.2) is 16.3 Å². The summed E-state index contributed by atoms with van der Waals surface area (Å²) in [6.07, 6.45) is 0.763. The van der Waals surface area contributed by atoms with Gasteiger partial charge in [0.2, 0.25) is 0 Å². The van der Waals surface area contributed by atoms with Crippen molar-refractivity contribution in [2.75, 3.05) is 0 Å². The molecule has 0 aliphatic heterocycles. The van der Waals surface area contributed by atoms with Crippen molar-refractivity contribution in [1.29, 1.82) is 5.26 Å². The van der Waals surface area contributed by atoms with Crippen LogP contribution < -0.4 is 0 Å². The number of aromatic carboxylic acids is 1. The van der Waals surface area contributed by atoms with E-state index in [-0.39, 0.29) is 5.25 Å². The second-order valence-electron chi connectivity index (χ2n) is 2.60. The summed E-state index contributed by atoms with van der Waals surface area (Å²) in [5.74, 6) is -0.910. The number of carboxylic acids is 1. The van der Waals surface area contributed by atoms with Crippen molar-refractivity contribution in [3.8, 4) is 6.07 Å². The van der Waals surface area contributed by atoms with Crippen molar-refractivity contribution in [2.24, 2.45) is 0 Å². The van der Waals surface area contributed by atoms with Crippen LogP contribution in [0, 0.1) is 11.3 Å². The third kappa shape index (κ3) is 2.76. The Balaban J connectivity index is 2.69. The van der Waals surface area contributed by atoms with Gasteiger partial charge in [0, 0.05) is 10.3 Å². The highest BCUT2D eigenvalue weighted by Gasteiger charge is 2.11. The van der Waals surface area contributed by atoms with E-state index >= 15 is 0 Å². The van der Waals surface area contributed by atoms with Gasteiger partial charge in [0.05, 0.1) is 11.3 Å². The largest absolute Gasteiger partial charge is 0.477 e. The Hall–Kier alpha value is -0.990. The number of nitrogens with zero attached hydrogens (tertiary/aromatic N) is 1. The van der Waals surface area contributed by atoms with E-state index in [4.69, 9.17) is 10.4 Å². The van der Waals surface area contributed by atoms with Crippen molar-refractivity contribution in [1.82, 2.24) is 0 Å². The van der Waals surface area contributed by atoms with Gasteiger partial charge in [-0.1, -0.05) is 6.92 Å². The number of hydrogen-bond acceptors (Lipinski definition) is 4. The molecular weight excluding hydrogens is 218 g/mol. The predicted molar refractivity (Wildman–Crippen MR) is 56.8 cm³/mol. The second kappa shape index (κ2) is 5.03. The molecule has 1 unspecified atom stereocenters. The van der Waals surface area contributed by atoms with E-state index in [1.165, 1.54) is 23.1 Å². The number of thiophene rings is 1. The van der Waals surface area contributed by atoms with Crippen molar-refractivity contribution < 1.29 is 9.90 Å². The van der Waals surface area contributed by atoms with Gasteiger partial charge in [-0.2, -0.15) is 5.26 Å². The first-order valence-corrected chi connectivity index (χ1v) is 5.81. The molecule has 1 rings (SSSR count). The van der Waals surface area contributed by atoms with E-state index in [1.807, 2.05) is 6.92 Å². The fourth-order valence-electron chi connectivity index (χ4n) is 0.858. The number of thioether (sulfide) groups is 1. The van der Waals surface area contributed by atoms with E-state index in [0.717, 1.165) is 11.3 Å². The van der Waals surface area contributed by atoms with Gasteiger partial charge in [-0.25, -0.2) is 4.79 Å². The molecule has 1 atom stereocenters. The maximum atomic E-state index is 10.6. The van der Waals surface area contributed by atoms with Crippen LogP contribution in [0.25, 0.3) is 0 Å². The summed E-state index contributed by atoms with van der Waals surface area (Å²) in [6, 6.07) is 3.77. The summed E-state index contributed by atoms with van der Waals surface area (Å²) in [7, 11) is 0. The monoisotopic (exact) mass is 227 g/mol. The third-order valence-corrected chi connectivity index (χ3v) is 3.88. The van der Waals surface area contributed by atoms with Crippen LogP contribution in [0.2, 0.25) is 0 Å². The average Bonchev–Trinajstić information content (AvgIpc) is 2.62. The van der Waals surface area contributed by atoms with Gasteiger partial charge in [-0.15, -0.1) is 23.1 Å². The Morgan fingerprint density at radius 2 is 2.57 bits per heavy atom. The lowest BCUT2D eigenvalue weighted by molar-refractivity contribution is 0.0702. The zero-order valence-electron chi connectivity index (χ0n) is 7.56. The SMILES string of the molecule is CCC(C#N)Sc1csc(C(=O)O)c1. The molecule has 3 nitrogen and oxygen atoms in total. The third-order valence-electron chi connectivity index (χ3n) is 1.58. The number of carbonyl (C=O) groups is 1. The molecule has 0 saturated heterocycles. The lowest BCUT2D eigenvalue weighted by atomic mass is 10.4. The summed E-state index contributed by atoms with van der Waals surface area (Å²) >= 11 is 2.60. The summed E-state index contributed by atoms with van der Waals surface area (Å²) in [5.41, 5.74) is 0. The molecule has 0 aromatic carbocycles. The maximum absolute atomic E-state index is 10.6. The van der Waals surface area contributed by atoms with Crippen LogP contribution in [0.15, 0.2) is 16.3 Å². The fourth-order valence-corrected chi connectivity index (χ4v) is 2.64. The Morgan fingerprint density at radius 1 is 1.86 bits per heavy atom. The summed E-state index contributed by atoms with van der Waals surface area (Å²) in [6.45, 7) is 1.94. The molecular formula is C9H9NO2S2. The standard InChI is InChI=1S/C9H9NO2S2/c1-2-6(4-10)14-7-3-8(9(11)12)13-5-7/h3,5-6H,2H2,1H3,(H,11,12). The molecule has 0 radical (unpaired) electrons. The Morgan fingerprint density at radius 3 is 3.00 bits per heavy atom. The smallest absolute Gasteiger partial charge is 0.345 e. The molecule has 0 aliphatic rings. The van der Waals surface area contributed by atoms with Gasteiger partial charge in [0.25, 0.3) is 0 Å². The summed E-state index contributed by atoms with van der Waals surface area (Å²) < 4.78 is 0. The molecule has 0 fully saturated rings. The number of rotatable bonds is 4. The van der Waals surface area contributed by atoms with Crippen molar-refractivity contribution in [2.45, 2.75) is 23.5 Å². The van der Waals surface area contributed by atoms with Gasteiger partial charge in [-0.3, -0.25) is 0 Å². The molecule has 14 heavy (non-hydrogen) atoms. The van der Waals surface area contributed by atoms with E-state index in [9.17, 15) is 4.79 Å². The summed E-state index contributed by atoms with van der Waals surface area (Å²) in [5, 5.41) is 19.1. The van der Waals surface area contributed by atoms with Gasteiger partial charge in [0.15, 0.2) is 0 Å². The van der Waals surface area contributed by atoms with Crippen molar-refractivity contribution in [3.63, 3.8) is 0 Å². The average molecular weight is 227 g/mol. The fraction of sp³-hybridized carbons (Fsp3) is 0.333. The van der Waals surface area contributed by atoms with Crippen LogP contribution in [0.4, 0.5) is 0 Å². The minimum Gasteiger partial charge on any atom is -0.477 e. The first-order valence-electron chi connectivity index (χ1n) is 4.05. The van der Waals surface area contributed by atoms with E-state index in [2.05, 4.69) is 6.07 Å². The molecule has 74 valence electrons. The highest BCUT2D eigenvalue weighted by molar-refractivity contribution is 8.00. The maximum Gasteiger partial charge on any atom is 0.345 e. The molecule has 0 spiro atoms. The predicted octanol–water partition coefficient (Wildman–Crippen LogP) is 2.84. The van der Waals surface area contributed by atoms with Crippen LogP contribution in [0.5, 0.6) is 0 Å². The van der Waals surface area contributed by atoms with Gasteiger partial charge in [-0.05, 0) is 12.5 Å². The summed E-state index contributed by atoms with van der Waals surface area (Å²) in [4.78, 5) is 11.8. The number of hydrogen-bond donors (Lipinski definition) is 1.